The fourth-order valence-corrected chi connectivity index (χ4v) is 12.2. The number of amides is 4. The van der Waals surface area contributed by atoms with Gasteiger partial charge in [-0.3, -0.25) is 9.59 Å². The quantitative estimate of drug-likeness (QED) is 0.0884. The lowest BCUT2D eigenvalue weighted by molar-refractivity contribution is -0.136. The van der Waals surface area contributed by atoms with Crippen LogP contribution in [0.25, 0.3) is 33.6 Å². The lowest BCUT2D eigenvalue weighted by atomic mass is 9.98. The average Bonchev–Trinajstić information content (AvgIpc) is 4.00. The Kier molecular flexibility index (Phi) is 12.6. The van der Waals surface area contributed by atoms with Crippen molar-refractivity contribution in [1.82, 2.24) is 40.4 Å². The minimum Gasteiger partial charge on any atom is -0.446 e. The third-order valence-electron chi connectivity index (χ3n) is 16.2. The normalized spacial score (nSPS) is 24.4. The minimum atomic E-state index is -0.865. The zero-order valence-corrected chi connectivity index (χ0v) is 40.5. The number of hydrogen-bond donors (Lipinski definition) is 4. The molecule has 0 spiro atoms. The Morgan fingerprint density at radius 1 is 0.486 bits per heavy atom. The molecule has 2 aliphatic heterocycles. The molecular formula is C58H62N8O6. The summed E-state index contributed by atoms with van der Waals surface area (Å²) in [6.45, 7) is 0. The zero-order chi connectivity index (χ0) is 48.7. The highest BCUT2D eigenvalue weighted by molar-refractivity contribution is 5.89. The van der Waals surface area contributed by atoms with E-state index in [-0.39, 0.29) is 48.2 Å². The zero-order valence-electron chi connectivity index (χ0n) is 40.5. The third kappa shape index (κ3) is 9.50. The van der Waals surface area contributed by atoms with E-state index in [2.05, 4.69) is 69.1 Å². The van der Waals surface area contributed by atoms with Gasteiger partial charge in [-0.25, -0.2) is 19.6 Å². The van der Waals surface area contributed by atoms with Crippen LogP contribution in [-0.4, -0.2) is 78.0 Å². The number of H-pyrrole nitrogens is 2. The first-order valence-corrected chi connectivity index (χ1v) is 26.3. The number of hydrogen-bond acceptors (Lipinski definition) is 8. The number of fused-ring (bicyclic) bond motifs is 2. The maximum Gasteiger partial charge on any atom is 0.408 e. The first-order chi connectivity index (χ1) is 35.3. The van der Waals surface area contributed by atoms with Crippen LogP contribution in [-0.2, 0) is 19.1 Å². The highest BCUT2D eigenvalue weighted by Gasteiger charge is 2.57. The fourth-order valence-electron chi connectivity index (χ4n) is 12.2. The third-order valence-corrected chi connectivity index (χ3v) is 16.2. The van der Waals surface area contributed by atoms with Crippen molar-refractivity contribution in [3.63, 3.8) is 0 Å². The molecule has 6 fully saturated rings. The molecule has 2 saturated heterocycles. The summed E-state index contributed by atoms with van der Waals surface area (Å²) in [5, 5.41) is 5.91. The van der Waals surface area contributed by atoms with E-state index in [1.165, 1.54) is 0 Å². The Hall–Kier alpha value is -7.22. The molecule has 4 amide bonds. The number of nitrogens with one attached hydrogen (secondary N) is 4. The van der Waals surface area contributed by atoms with E-state index in [1.807, 2.05) is 82.9 Å². The van der Waals surface area contributed by atoms with Crippen LogP contribution in [0.5, 0.6) is 0 Å². The second-order valence-electron chi connectivity index (χ2n) is 20.9. The summed E-state index contributed by atoms with van der Waals surface area (Å²) in [6, 6.07) is 33.7. The second-order valence-corrected chi connectivity index (χ2v) is 20.9. The predicted molar refractivity (Wildman–Crippen MR) is 271 cm³/mol. The van der Waals surface area contributed by atoms with Crippen molar-refractivity contribution in [2.24, 2.45) is 11.8 Å². The van der Waals surface area contributed by atoms with Crippen molar-refractivity contribution >= 4 is 24.0 Å². The summed E-state index contributed by atoms with van der Waals surface area (Å²) in [4.78, 5) is 76.3. The molecule has 12 rings (SSSR count). The number of piperidine rings is 2. The first-order valence-electron chi connectivity index (χ1n) is 26.3. The van der Waals surface area contributed by atoms with Crippen LogP contribution in [0.15, 0.2) is 122 Å². The van der Waals surface area contributed by atoms with Crippen LogP contribution >= 0.6 is 0 Å². The maximum absolute atomic E-state index is 14.6. The molecule has 4 N–H and O–H groups in total. The van der Waals surface area contributed by atoms with Crippen LogP contribution in [0, 0.1) is 11.8 Å². The van der Waals surface area contributed by atoms with E-state index in [9.17, 15) is 19.2 Å². The van der Waals surface area contributed by atoms with Gasteiger partial charge in [0.15, 0.2) is 0 Å². The van der Waals surface area contributed by atoms with Crippen molar-refractivity contribution in [1.29, 1.82) is 0 Å². The Balaban J connectivity index is 0.704. The molecular weight excluding hydrogens is 905 g/mol. The van der Waals surface area contributed by atoms with E-state index in [0.29, 0.717) is 11.8 Å². The van der Waals surface area contributed by atoms with Gasteiger partial charge in [0.05, 0.1) is 35.9 Å². The summed E-state index contributed by atoms with van der Waals surface area (Å²) in [6.07, 6.45) is 15.8. The summed E-state index contributed by atoms with van der Waals surface area (Å²) in [7, 11) is 0. The minimum absolute atomic E-state index is 0.115. The number of alkyl carbamates (subject to hydrolysis) is 2. The summed E-state index contributed by atoms with van der Waals surface area (Å²) in [5.41, 5.74) is 7.28. The molecule has 6 aliphatic rings. The van der Waals surface area contributed by atoms with E-state index in [4.69, 9.17) is 19.4 Å². The number of benzene rings is 4. The number of aromatic amines is 2. The number of carbonyl (C=O) groups excluding carboxylic acids is 4. The maximum atomic E-state index is 14.6. The number of ether oxygens (including phenoxy) is 2. The number of aromatic nitrogens is 4. The highest BCUT2D eigenvalue weighted by Crippen LogP contribution is 2.55. The van der Waals surface area contributed by atoms with Gasteiger partial charge in [0.1, 0.15) is 35.9 Å². The Morgan fingerprint density at radius 3 is 1.25 bits per heavy atom. The lowest BCUT2D eigenvalue weighted by Gasteiger charge is -2.31. The molecule has 4 aliphatic carbocycles. The second kappa shape index (κ2) is 19.8. The molecule has 2 aromatic heterocycles. The first kappa shape index (κ1) is 45.9. The molecule has 8 atom stereocenters. The van der Waals surface area contributed by atoms with Gasteiger partial charge >= 0.3 is 12.2 Å². The molecule has 4 heterocycles. The van der Waals surface area contributed by atoms with Crippen molar-refractivity contribution in [3.05, 3.63) is 144 Å². The largest absolute Gasteiger partial charge is 0.446 e. The van der Waals surface area contributed by atoms with Crippen molar-refractivity contribution < 1.29 is 28.7 Å². The summed E-state index contributed by atoms with van der Waals surface area (Å²) in [5.74, 6) is 2.02. The van der Waals surface area contributed by atoms with Gasteiger partial charge in [0.2, 0.25) is 0 Å². The lowest BCUT2D eigenvalue weighted by Crippen LogP contribution is -2.45. The van der Waals surface area contributed by atoms with Gasteiger partial charge in [-0.1, -0.05) is 122 Å². The SMILES string of the molecule is O=C(N[C@@H](C(=O)N1[C@@H]2C[C@@H]2C[C@H]1c1ncc(-c2ccc(-c3ccc(-c4cnc([C@@H]5C[C@H]6C[C@H]6N5C(=O)[C@H](NC(=O)OC5CCCCC5)c5ccccc5)[nH]4)cc3)cc2)[nH]1)c1ccccc1)OC1CCCCC1. The molecule has 14 nitrogen and oxygen atoms in total. The van der Waals surface area contributed by atoms with E-state index in [1.54, 1.807) is 0 Å². The molecule has 0 bridgehead atoms. The van der Waals surface area contributed by atoms with E-state index in [0.717, 1.165) is 146 Å². The van der Waals surface area contributed by atoms with Gasteiger partial charge < -0.3 is 39.9 Å². The molecule has 14 heteroatoms. The molecule has 72 heavy (non-hydrogen) atoms. The van der Waals surface area contributed by atoms with Gasteiger partial charge in [-0.05, 0) is 122 Å². The van der Waals surface area contributed by atoms with Crippen LogP contribution in [0.3, 0.4) is 0 Å². The van der Waals surface area contributed by atoms with Gasteiger partial charge in [0.25, 0.3) is 11.8 Å². The van der Waals surface area contributed by atoms with Crippen molar-refractivity contribution in [2.45, 2.75) is 138 Å². The van der Waals surface area contributed by atoms with Gasteiger partial charge in [-0.15, -0.1) is 0 Å². The Labute approximate surface area is 419 Å². The molecule has 4 aromatic carbocycles. The van der Waals surface area contributed by atoms with Crippen molar-refractivity contribution in [3.8, 4) is 33.6 Å². The highest BCUT2D eigenvalue weighted by atomic mass is 16.6. The van der Waals surface area contributed by atoms with Crippen LogP contribution in [0.1, 0.15) is 137 Å². The van der Waals surface area contributed by atoms with Crippen LogP contribution in [0.4, 0.5) is 9.59 Å². The van der Waals surface area contributed by atoms with E-state index >= 15 is 0 Å². The number of imidazole rings is 2. The molecule has 6 aromatic rings. The standard InChI is InChI=1S/C58H62N8O6/c67-55(51(39-13-5-1-6-14-39)63-57(69)71-43-17-9-3-10-18-43)65-47-29-41(47)31-49(65)53-59-33-45(61-53)37-25-21-35(22-26-37)36-23-27-38(28-24-36)46-34-60-54(62-46)50-32-42-30-48(42)66(50)56(68)52(40-15-7-2-8-16-40)64-58(70)72-44-19-11-4-12-20-44/h1-2,5-8,13-16,21-28,33-34,41-44,47-52H,3-4,9-12,17-20,29-32H2,(H,59,61)(H,60,62)(H,63,69)(H,64,70)/t41-,42-,47-,48-,49+,50+,51-,52-/m1/s1. The van der Waals surface area contributed by atoms with Crippen LogP contribution in [0.2, 0.25) is 0 Å². The number of nitrogens with zero attached hydrogens (tertiary/aromatic N) is 4. The summed E-state index contributed by atoms with van der Waals surface area (Å²) < 4.78 is 11.6. The molecule has 4 saturated carbocycles. The predicted octanol–water partition coefficient (Wildman–Crippen LogP) is 11.1. The monoisotopic (exact) mass is 966 g/mol. The average molecular weight is 967 g/mol. The number of rotatable bonds is 13. The Morgan fingerprint density at radius 2 is 0.861 bits per heavy atom. The molecule has 0 unspecified atom stereocenters. The summed E-state index contributed by atoms with van der Waals surface area (Å²) >= 11 is 0. The molecule has 0 radical (unpaired) electrons. The molecule has 370 valence electrons. The van der Waals surface area contributed by atoms with Gasteiger partial charge in [-0.2, -0.15) is 0 Å². The van der Waals surface area contributed by atoms with E-state index < -0.39 is 24.3 Å². The Bertz CT molecular complexity index is 2700. The van der Waals surface area contributed by atoms with Crippen LogP contribution < -0.4 is 10.6 Å². The number of likely N-dealkylation sites (tertiary alicyclic amines) is 2. The fraction of sp³-hybridized carbons (Fsp3) is 0.414. The van der Waals surface area contributed by atoms with Crippen molar-refractivity contribution in [2.75, 3.05) is 0 Å². The smallest absolute Gasteiger partial charge is 0.408 e. The number of carbonyl (C=O) groups is 4. The topological polar surface area (TPSA) is 175 Å². The van der Waals surface area contributed by atoms with Gasteiger partial charge in [0, 0.05) is 12.1 Å².